The van der Waals surface area contributed by atoms with Crippen LogP contribution in [0.2, 0.25) is 0 Å². The zero-order valence-corrected chi connectivity index (χ0v) is 20.9. The largest absolute Gasteiger partial charge is 0.481 e. The number of hydrazone groups is 1. The van der Waals surface area contributed by atoms with Gasteiger partial charge in [-0.3, -0.25) is 9.59 Å². The second-order valence-corrected chi connectivity index (χ2v) is 9.70. The van der Waals surface area contributed by atoms with Crippen LogP contribution in [0.5, 0.6) is 0 Å². The molecule has 7 nitrogen and oxygen atoms in total. The van der Waals surface area contributed by atoms with E-state index in [1.165, 1.54) is 0 Å². The first-order valence-electron chi connectivity index (χ1n) is 12.1. The van der Waals surface area contributed by atoms with Gasteiger partial charge in [0.15, 0.2) is 0 Å². The second kappa shape index (κ2) is 10.3. The molecule has 2 aromatic rings. The smallest absolute Gasteiger partial charge is 0.303 e. The summed E-state index contributed by atoms with van der Waals surface area (Å²) in [4.78, 5) is 28.4. The van der Waals surface area contributed by atoms with E-state index in [0.717, 1.165) is 53.0 Å². The maximum atomic E-state index is 13.1. The van der Waals surface area contributed by atoms with E-state index in [9.17, 15) is 9.59 Å². The van der Waals surface area contributed by atoms with Crippen LogP contribution in [0.1, 0.15) is 49.3 Å². The van der Waals surface area contributed by atoms with Crippen LogP contribution in [0, 0.1) is 5.92 Å². The Kier molecular flexibility index (Phi) is 7.24. The van der Waals surface area contributed by atoms with E-state index in [-0.39, 0.29) is 30.7 Å². The summed E-state index contributed by atoms with van der Waals surface area (Å²) in [7, 11) is 8.04. The molecule has 1 aliphatic heterocycles. The van der Waals surface area contributed by atoms with Crippen LogP contribution in [0.25, 0.3) is 6.08 Å². The highest BCUT2D eigenvalue weighted by atomic mass is 16.4. The maximum absolute atomic E-state index is 13.1. The minimum atomic E-state index is -0.976. The van der Waals surface area contributed by atoms with Gasteiger partial charge in [-0.1, -0.05) is 24.3 Å². The lowest BCUT2D eigenvalue weighted by molar-refractivity contribution is -0.141. The van der Waals surface area contributed by atoms with Crippen molar-refractivity contribution in [3.8, 4) is 0 Å². The van der Waals surface area contributed by atoms with Crippen molar-refractivity contribution < 1.29 is 14.7 Å². The number of anilines is 2. The van der Waals surface area contributed by atoms with E-state index in [2.05, 4.69) is 59.5 Å². The van der Waals surface area contributed by atoms with Gasteiger partial charge in [-0.2, -0.15) is 5.10 Å². The van der Waals surface area contributed by atoms with E-state index >= 15 is 0 Å². The minimum absolute atomic E-state index is 0.0594. The molecule has 7 heteroatoms. The molecule has 2 aromatic carbocycles. The topological polar surface area (TPSA) is 76.4 Å². The molecular formula is C28H34N4O3. The van der Waals surface area contributed by atoms with Gasteiger partial charge in [0.2, 0.25) is 5.91 Å². The third kappa shape index (κ3) is 5.39. The van der Waals surface area contributed by atoms with Gasteiger partial charge in [0.05, 0.1) is 18.2 Å². The van der Waals surface area contributed by atoms with Gasteiger partial charge < -0.3 is 14.9 Å². The van der Waals surface area contributed by atoms with Crippen LogP contribution in [-0.2, 0) is 9.59 Å². The number of hydrogen-bond donors (Lipinski definition) is 1. The standard InChI is InChI=1S/C28H34N4O3/c1-30(2)22-12-8-19(9-13-22)18-21-6-5-7-24-27(21)29-32(25(33)16-17-26(34)35)28(24)20-10-14-23(15-11-20)31(3)4/h8-15,18,24,28H,5-7,16-17H2,1-4H3,(H,34,35)/b21-18+. The van der Waals surface area contributed by atoms with Crippen molar-refractivity contribution in [3.05, 3.63) is 65.2 Å². The summed E-state index contributed by atoms with van der Waals surface area (Å²) in [6.07, 6.45) is 4.80. The fraction of sp³-hybridized carbons (Fsp3) is 0.393. The van der Waals surface area contributed by atoms with Crippen LogP contribution in [0.15, 0.2) is 59.2 Å². The highest BCUT2D eigenvalue weighted by molar-refractivity contribution is 6.08. The van der Waals surface area contributed by atoms with Gasteiger partial charge >= 0.3 is 5.97 Å². The van der Waals surface area contributed by atoms with Gasteiger partial charge in [-0.15, -0.1) is 0 Å². The Morgan fingerprint density at radius 1 is 0.971 bits per heavy atom. The lowest BCUT2D eigenvalue weighted by Crippen LogP contribution is -2.32. The molecule has 4 rings (SSSR count). The molecule has 0 saturated heterocycles. The van der Waals surface area contributed by atoms with E-state index in [1.807, 2.05) is 33.1 Å². The molecule has 0 aromatic heterocycles. The SMILES string of the molecule is CN(C)c1ccc(/C=C2\CCCC3C2=NN(C(=O)CCC(=O)O)C3c2ccc(N(C)C)cc2)cc1. The van der Waals surface area contributed by atoms with Crippen molar-refractivity contribution in [1.82, 2.24) is 5.01 Å². The van der Waals surface area contributed by atoms with Crippen LogP contribution in [-0.4, -0.2) is 55.9 Å². The first-order chi connectivity index (χ1) is 16.7. The zero-order chi connectivity index (χ0) is 25.1. The Labute approximate surface area is 207 Å². The molecule has 1 heterocycles. The Morgan fingerprint density at radius 2 is 1.57 bits per heavy atom. The van der Waals surface area contributed by atoms with E-state index in [1.54, 1.807) is 5.01 Å². The average Bonchev–Trinajstić information content (AvgIpc) is 3.23. The monoisotopic (exact) mass is 474 g/mol. The molecule has 1 aliphatic carbocycles. The number of carboxylic acids is 1. The second-order valence-electron chi connectivity index (χ2n) is 9.70. The maximum Gasteiger partial charge on any atom is 0.303 e. The molecule has 1 amide bonds. The fourth-order valence-electron chi connectivity index (χ4n) is 4.91. The summed E-state index contributed by atoms with van der Waals surface area (Å²) in [5.41, 5.74) is 6.47. The van der Waals surface area contributed by atoms with Crippen LogP contribution in [0.3, 0.4) is 0 Å². The number of hydrogen-bond acceptors (Lipinski definition) is 5. The summed E-state index contributed by atoms with van der Waals surface area (Å²) in [5.74, 6) is -1.13. The van der Waals surface area contributed by atoms with Crippen LogP contribution in [0.4, 0.5) is 11.4 Å². The minimum Gasteiger partial charge on any atom is -0.481 e. The predicted molar refractivity (Wildman–Crippen MR) is 141 cm³/mol. The summed E-state index contributed by atoms with van der Waals surface area (Å²) in [6.45, 7) is 0. The Morgan fingerprint density at radius 3 is 2.14 bits per heavy atom. The number of aliphatic carboxylic acids is 1. The van der Waals surface area contributed by atoms with Crippen molar-refractivity contribution in [2.45, 2.75) is 38.1 Å². The third-order valence-corrected chi connectivity index (χ3v) is 6.81. The number of carboxylic acid groups (broad SMARTS) is 1. The molecule has 0 radical (unpaired) electrons. The molecule has 0 spiro atoms. The average molecular weight is 475 g/mol. The number of amides is 1. The van der Waals surface area contributed by atoms with Crippen molar-refractivity contribution >= 4 is 35.0 Å². The molecule has 2 unspecified atom stereocenters. The lowest BCUT2D eigenvalue weighted by atomic mass is 9.77. The van der Waals surface area contributed by atoms with Crippen LogP contribution < -0.4 is 9.80 Å². The fourth-order valence-corrected chi connectivity index (χ4v) is 4.91. The Hall–Kier alpha value is -3.61. The molecule has 1 saturated carbocycles. The molecule has 2 atom stereocenters. The first kappa shape index (κ1) is 24.5. The Bertz CT molecular complexity index is 1130. The van der Waals surface area contributed by atoms with Crippen LogP contribution >= 0.6 is 0 Å². The van der Waals surface area contributed by atoms with E-state index in [4.69, 9.17) is 10.2 Å². The zero-order valence-electron chi connectivity index (χ0n) is 20.9. The number of rotatable bonds is 7. The number of carbonyl (C=O) groups excluding carboxylic acids is 1. The first-order valence-corrected chi connectivity index (χ1v) is 12.1. The lowest BCUT2D eigenvalue weighted by Gasteiger charge is -2.30. The van der Waals surface area contributed by atoms with E-state index < -0.39 is 5.97 Å². The molecule has 1 fully saturated rings. The van der Waals surface area contributed by atoms with Gasteiger partial charge in [-0.25, -0.2) is 5.01 Å². The van der Waals surface area contributed by atoms with Crippen molar-refractivity contribution in [3.63, 3.8) is 0 Å². The summed E-state index contributed by atoms with van der Waals surface area (Å²) >= 11 is 0. The number of benzene rings is 2. The number of carbonyl (C=O) groups is 2. The van der Waals surface area contributed by atoms with Gasteiger partial charge in [0.25, 0.3) is 0 Å². The summed E-state index contributed by atoms with van der Waals surface area (Å²) in [6, 6.07) is 16.4. The normalized spacial score (nSPS) is 20.4. The highest BCUT2D eigenvalue weighted by Crippen LogP contribution is 2.45. The highest BCUT2D eigenvalue weighted by Gasteiger charge is 2.43. The third-order valence-electron chi connectivity index (χ3n) is 6.81. The molecule has 35 heavy (non-hydrogen) atoms. The van der Waals surface area contributed by atoms with Gasteiger partial charge in [-0.05, 0) is 66.3 Å². The molecule has 2 aliphatic rings. The molecule has 0 bridgehead atoms. The van der Waals surface area contributed by atoms with E-state index in [0.29, 0.717) is 0 Å². The molecule has 1 N–H and O–H groups in total. The van der Waals surface area contributed by atoms with Gasteiger partial charge in [0, 0.05) is 51.9 Å². The Balaban J connectivity index is 1.68. The number of allylic oxidation sites excluding steroid dienone is 1. The number of fused-ring (bicyclic) bond motifs is 1. The molecule has 184 valence electrons. The van der Waals surface area contributed by atoms with Crippen molar-refractivity contribution in [2.24, 2.45) is 11.0 Å². The van der Waals surface area contributed by atoms with Crippen molar-refractivity contribution in [2.75, 3.05) is 38.0 Å². The van der Waals surface area contributed by atoms with Gasteiger partial charge in [0.1, 0.15) is 0 Å². The summed E-state index contributed by atoms with van der Waals surface area (Å²) < 4.78 is 0. The summed E-state index contributed by atoms with van der Waals surface area (Å²) in [5, 5.41) is 15.5. The quantitative estimate of drug-likeness (QED) is 0.623. The van der Waals surface area contributed by atoms with Crippen molar-refractivity contribution in [1.29, 1.82) is 0 Å². The molecular weight excluding hydrogens is 440 g/mol. The predicted octanol–water partition coefficient (Wildman–Crippen LogP) is 4.81. The number of nitrogens with zero attached hydrogens (tertiary/aromatic N) is 4.